The molecule has 0 saturated carbocycles. The molecule has 11 heteroatoms. The van der Waals surface area contributed by atoms with Crippen LogP contribution in [0.2, 0.25) is 0 Å². The maximum Gasteiger partial charge on any atom is 0.227 e. The molecule has 1 fully saturated rings. The van der Waals surface area contributed by atoms with Gasteiger partial charge >= 0.3 is 0 Å². The number of aryl methyl sites for hydroxylation is 2. The first kappa shape index (κ1) is 24.8. The molecule has 9 nitrogen and oxygen atoms in total. The Morgan fingerprint density at radius 1 is 1.17 bits per heavy atom. The smallest absolute Gasteiger partial charge is 0.227 e. The summed E-state index contributed by atoms with van der Waals surface area (Å²) in [6, 6.07) is 1.31. The molecule has 2 aromatic heterocycles. The molecule has 0 radical (unpaired) electrons. The van der Waals surface area contributed by atoms with Crippen molar-refractivity contribution in [1.82, 2.24) is 19.7 Å². The highest BCUT2D eigenvalue weighted by molar-refractivity contribution is 5.50. The number of nitrogens with one attached hydrogen (secondary N) is 1. The van der Waals surface area contributed by atoms with E-state index in [2.05, 4.69) is 20.4 Å². The Morgan fingerprint density at radius 3 is 2.74 bits per heavy atom. The van der Waals surface area contributed by atoms with Gasteiger partial charge in [0.05, 0.1) is 43.6 Å². The first-order valence-corrected chi connectivity index (χ1v) is 11.5. The molecule has 1 aliphatic rings. The predicted octanol–water partition coefficient (Wildman–Crippen LogP) is 4.52. The molecular weight excluding hydrogens is 460 g/mol. The van der Waals surface area contributed by atoms with Crippen LogP contribution in [0.25, 0.3) is 0 Å². The van der Waals surface area contributed by atoms with E-state index in [1.54, 1.807) is 6.20 Å². The van der Waals surface area contributed by atoms with Crippen molar-refractivity contribution in [3.8, 4) is 11.5 Å². The summed E-state index contributed by atoms with van der Waals surface area (Å²) in [6.45, 7) is 3.30. The SMILES string of the molecule is COc1cc(C)c(F)c(COc2cnc(Nc3cnn(CCCOC4CCCCO4)c3)nc2)c1F. The minimum absolute atomic E-state index is 0.0374. The number of aromatic nitrogens is 4. The minimum atomic E-state index is -0.791. The van der Waals surface area contributed by atoms with Crippen LogP contribution in [0.4, 0.5) is 20.4 Å². The number of benzene rings is 1. The normalized spacial score (nSPS) is 15.7. The van der Waals surface area contributed by atoms with Gasteiger partial charge in [-0.15, -0.1) is 0 Å². The van der Waals surface area contributed by atoms with Crippen molar-refractivity contribution in [2.75, 3.05) is 25.6 Å². The zero-order chi connectivity index (χ0) is 24.6. The van der Waals surface area contributed by atoms with E-state index < -0.39 is 11.6 Å². The number of anilines is 2. The van der Waals surface area contributed by atoms with Gasteiger partial charge in [-0.05, 0) is 44.2 Å². The lowest BCUT2D eigenvalue weighted by molar-refractivity contribution is -0.163. The van der Waals surface area contributed by atoms with E-state index in [4.69, 9.17) is 18.9 Å². The largest absolute Gasteiger partial charge is 0.494 e. The number of methoxy groups -OCH3 is 1. The number of ether oxygens (including phenoxy) is 4. The third-order valence-corrected chi connectivity index (χ3v) is 5.53. The number of halogens is 2. The molecule has 35 heavy (non-hydrogen) atoms. The van der Waals surface area contributed by atoms with Crippen molar-refractivity contribution >= 4 is 11.6 Å². The topological polar surface area (TPSA) is 92.6 Å². The molecule has 3 aromatic rings. The van der Waals surface area contributed by atoms with Gasteiger partial charge in [-0.25, -0.2) is 18.7 Å². The summed E-state index contributed by atoms with van der Waals surface area (Å²) in [5.41, 5.74) is 0.781. The highest BCUT2D eigenvalue weighted by Crippen LogP contribution is 2.27. The van der Waals surface area contributed by atoms with Gasteiger partial charge in [-0.1, -0.05) is 0 Å². The van der Waals surface area contributed by atoms with E-state index in [9.17, 15) is 8.78 Å². The van der Waals surface area contributed by atoms with Crippen LogP contribution in [0, 0.1) is 18.6 Å². The second-order valence-electron chi connectivity index (χ2n) is 8.17. The molecule has 1 unspecified atom stereocenters. The van der Waals surface area contributed by atoms with Crippen LogP contribution in [0.5, 0.6) is 11.5 Å². The number of hydrogen-bond acceptors (Lipinski definition) is 8. The Morgan fingerprint density at radius 2 is 2.00 bits per heavy atom. The van der Waals surface area contributed by atoms with Gasteiger partial charge in [0.1, 0.15) is 12.4 Å². The standard InChI is InChI=1S/C24H29F2N5O4/c1-16-10-20(32-2)23(26)19(22(16)25)15-35-18-12-27-24(28-13-18)30-17-11-29-31(14-17)7-5-9-34-21-6-3-4-8-33-21/h10-14,21H,3-9,15H2,1-2H3,(H,27,28,30). The summed E-state index contributed by atoms with van der Waals surface area (Å²) in [7, 11) is 1.33. The average Bonchev–Trinajstić information content (AvgIpc) is 3.32. The molecule has 0 amide bonds. The fourth-order valence-electron chi connectivity index (χ4n) is 3.66. The summed E-state index contributed by atoms with van der Waals surface area (Å²) < 4.78 is 52.3. The van der Waals surface area contributed by atoms with Crippen molar-refractivity contribution < 1.29 is 27.7 Å². The van der Waals surface area contributed by atoms with E-state index in [0.29, 0.717) is 19.1 Å². The van der Waals surface area contributed by atoms with Gasteiger partial charge in [0.25, 0.3) is 0 Å². The zero-order valence-electron chi connectivity index (χ0n) is 19.8. The van der Waals surface area contributed by atoms with Crippen molar-refractivity contribution in [2.24, 2.45) is 0 Å². The number of rotatable bonds is 11. The lowest BCUT2D eigenvalue weighted by Gasteiger charge is -2.22. The first-order chi connectivity index (χ1) is 17.0. The highest BCUT2D eigenvalue weighted by Gasteiger charge is 2.18. The summed E-state index contributed by atoms with van der Waals surface area (Å²) in [6.07, 6.45) is 10.3. The predicted molar refractivity (Wildman–Crippen MR) is 124 cm³/mol. The summed E-state index contributed by atoms with van der Waals surface area (Å²) in [5, 5.41) is 7.38. The van der Waals surface area contributed by atoms with Crippen molar-refractivity contribution in [3.63, 3.8) is 0 Å². The first-order valence-electron chi connectivity index (χ1n) is 11.5. The van der Waals surface area contributed by atoms with Gasteiger partial charge in [0, 0.05) is 19.3 Å². The lowest BCUT2D eigenvalue weighted by Crippen LogP contribution is -2.23. The minimum Gasteiger partial charge on any atom is -0.494 e. The highest BCUT2D eigenvalue weighted by atomic mass is 19.1. The van der Waals surface area contributed by atoms with Crippen molar-refractivity contribution in [1.29, 1.82) is 0 Å². The molecule has 1 N–H and O–H groups in total. The number of hydrogen-bond donors (Lipinski definition) is 1. The quantitative estimate of drug-likeness (QED) is 0.393. The van der Waals surface area contributed by atoms with E-state index in [-0.39, 0.29) is 35.5 Å². The Bertz CT molecular complexity index is 1100. The molecule has 0 aliphatic carbocycles. The molecule has 1 saturated heterocycles. The summed E-state index contributed by atoms with van der Waals surface area (Å²) >= 11 is 0. The number of nitrogens with zero attached hydrogens (tertiary/aromatic N) is 4. The molecule has 3 heterocycles. The van der Waals surface area contributed by atoms with Crippen LogP contribution in [0.1, 0.15) is 36.8 Å². The van der Waals surface area contributed by atoms with Crippen LogP contribution in [0.3, 0.4) is 0 Å². The molecular formula is C24H29F2N5O4. The maximum atomic E-state index is 14.4. The van der Waals surface area contributed by atoms with Crippen LogP contribution in [0.15, 0.2) is 30.9 Å². The molecule has 1 aromatic carbocycles. The van der Waals surface area contributed by atoms with E-state index in [0.717, 1.165) is 38.0 Å². The zero-order valence-corrected chi connectivity index (χ0v) is 19.8. The van der Waals surface area contributed by atoms with Crippen LogP contribution < -0.4 is 14.8 Å². The van der Waals surface area contributed by atoms with E-state index >= 15 is 0 Å². The van der Waals surface area contributed by atoms with Crippen LogP contribution >= 0.6 is 0 Å². The molecule has 4 rings (SSSR count). The van der Waals surface area contributed by atoms with Gasteiger partial charge in [0.2, 0.25) is 5.95 Å². The Kier molecular flexibility index (Phi) is 8.43. The Balaban J connectivity index is 1.25. The van der Waals surface area contributed by atoms with Gasteiger partial charge < -0.3 is 24.3 Å². The molecule has 1 atom stereocenters. The fourth-order valence-corrected chi connectivity index (χ4v) is 3.66. The van der Waals surface area contributed by atoms with Crippen molar-refractivity contribution in [3.05, 3.63) is 53.6 Å². The van der Waals surface area contributed by atoms with E-state index in [1.807, 2.05) is 10.9 Å². The third-order valence-electron chi connectivity index (χ3n) is 5.53. The maximum absolute atomic E-state index is 14.4. The van der Waals surface area contributed by atoms with Gasteiger partial charge in [0.15, 0.2) is 23.6 Å². The third kappa shape index (κ3) is 6.64. The molecule has 0 bridgehead atoms. The average molecular weight is 490 g/mol. The Labute approximate surface area is 202 Å². The van der Waals surface area contributed by atoms with Gasteiger partial charge in [-0.2, -0.15) is 5.10 Å². The molecule has 0 spiro atoms. The lowest BCUT2D eigenvalue weighted by atomic mass is 10.1. The fraction of sp³-hybridized carbons (Fsp3) is 0.458. The second-order valence-corrected chi connectivity index (χ2v) is 8.17. The second kappa shape index (κ2) is 11.9. The van der Waals surface area contributed by atoms with Crippen LogP contribution in [-0.4, -0.2) is 46.4 Å². The van der Waals surface area contributed by atoms with Crippen LogP contribution in [-0.2, 0) is 22.6 Å². The summed E-state index contributed by atoms with van der Waals surface area (Å²) in [4.78, 5) is 8.38. The Hall–Kier alpha value is -3.31. The molecule has 188 valence electrons. The van der Waals surface area contributed by atoms with E-state index in [1.165, 1.54) is 32.5 Å². The summed E-state index contributed by atoms with van der Waals surface area (Å²) in [5.74, 6) is -0.893. The molecule has 1 aliphatic heterocycles. The monoisotopic (exact) mass is 489 g/mol. The van der Waals surface area contributed by atoms with Crippen molar-refractivity contribution in [2.45, 2.75) is 52.0 Å². The van der Waals surface area contributed by atoms with Gasteiger partial charge in [-0.3, -0.25) is 4.68 Å².